The molecule has 0 N–H and O–H groups in total. The smallest absolute Gasteiger partial charge is 0.131 e. The predicted octanol–water partition coefficient (Wildman–Crippen LogP) is 3.57. The van der Waals surface area contributed by atoms with Gasteiger partial charge in [0.15, 0.2) is 0 Å². The van der Waals surface area contributed by atoms with Gasteiger partial charge in [0.05, 0.1) is 23.5 Å². The fourth-order valence-electron chi connectivity index (χ4n) is 1.61. The number of rotatable bonds is 5. The van der Waals surface area contributed by atoms with Crippen LogP contribution in [0.2, 0.25) is 0 Å². The van der Waals surface area contributed by atoms with Crippen LogP contribution < -0.4 is 4.90 Å². The van der Waals surface area contributed by atoms with E-state index in [9.17, 15) is 0 Å². The number of anilines is 1. The van der Waals surface area contributed by atoms with E-state index in [1.54, 1.807) is 0 Å². The lowest BCUT2D eigenvalue weighted by Gasteiger charge is -2.27. The van der Waals surface area contributed by atoms with E-state index in [1.807, 2.05) is 6.20 Å². The first-order chi connectivity index (χ1) is 8.01. The zero-order valence-corrected chi connectivity index (χ0v) is 12.1. The molecule has 0 aromatic carbocycles. The van der Waals surface area contributed by atoms with Gasteiger partial charge in [-0.3, -0.25) is 0 Å². The summed E-state index contributed by atoms with van der Waals surface area (Å²) in [5.74, 6) is 1.63. The highest BCUT2D eigenvalue weighted by molar-refractivity contribution is 6.17. The Labute approximate surface area is 109 Å². The van der Waals surface area contributed by atoms with Crippen molar-refractivity contribution in [3.05, 3.63) is 17.7 Å². The maximum atomic E-state index is 5.98. The van der Waals surface area contributed by atoms with Crippen LogP contribution in [-0.4, -0.2) is 23.1 Å². The van der Waals surface area contributed by atoms with Crippen LogP contribution in [0.3, 0.4) is 0 Å². The van der Waals surface area contributed by atoms with Crippen molar-refractivity contribution in [2.24, 2.45) is 0 Å². The molecule has 0 saturated carbocycles. The summed E-state index contributed by atoms with van der Waals surface area (Å²) in [6.07, 6.45) is 2.98. The van der Waals surface area contributed by atoms with Gasteiger partial charge in [0, 0.05) is 19.0 Å². The highest BCUT2D eigenvalue weighted by Gasteiger charge is 2.15. The van der Waals surface area contributed by atoms with E-state index in [2.05, 4.69) is 49.6 Å². The van der Waals surface area contributed by atoms with Gasteiger partial charge in [0.1, 0.15) is 5.82 Å². The summed E-state index contributed by atoms with van der Waals surface area (Å²) in [6.45, 7) is 8.54. The second-order valence-electron chi connectivity index (χ2n) is 4.72. The Morgan fingerprint density at radius 2 is 2.00 bits per heavy atom. The molecule has 0 bridgehead atoms. The van der Waals surface area contributed by atoms with Gasteiger partial charge in [-0.25, -0.2) is 9.97 Å². The molecular formula is C13H22ClN3. The fraction of sp³-hybridized carbons (Fsp3) is 0.692. The van der Waals surface area contributed by atoms with Crippen LogP contribution in [0, 0.1) is 0 Å². The third-order valence-electron chi connectivity index (χ3n) is 3.14. The number of aromatic nitrogens is 2. The van der Waals surface area contributed by atoms with Crippen molar-refractivity contribution in [1.82, 2.24) is 9.97 Å². The second-order valence-corrected chi connectivity index (χ2v) is 4.98. The minimum atomic E-state index is 0.333. The molecule has 1 heterocycles. The quantitative estimate of drug-likeness (QED) is 0.754. The van der Waals surface area contributed by atoms with E-state index < -0.39 is 0 Å². The molecule has 96 valence electrons. The molecule has 0 spiro atoms. The van der Waals surface area contributed by atoms with Crippen molar-refractivity contribution >= 4 is 17.3 Å². The van der Waals surface area contributed by atoms with Crippen LogP contribution >= 0.6 is 11.6 Å². The lowest BCUT2D eigenvalue weighted by molar-refractivity contribution is 0.655. The Balaban J connectivity index is 3.08. The van der Waals surface area contributed by atoms with E-state index in [-0.39, 0.29) is 0 Å². The number of alkyl halides is 1. The summed E-state index contributed by atoms with van der Waals surface area (Å²) in [4.78, 5) is 11.2. The minimum Gasteiger partial charge on any atom is -0.369 e. The summed E-state index contributed by atoms with van der Waals surface area (Å²) in [6, 6.07) is 0.463. The molecule has 0 radical (unpaired) electrons. The Hall–Kier alpha value is -0.830. The molecule has 1 rings (SSSR count). The molecule has 0 aliphatic heterocycles. The highest BCUT2D eigenvalue weighted by atomic mass is 35.5. The lowest BCUT2D eigenvalue weighted by Crippen LogP contribution is -2.29. The maximum Gasteiger partial charge on any atom is 0.131 e. The van der Waals surface area contributed by atoms with Crippen LogP contribution in [0.1, 0.15) is 51.6 Å². The van der Waals surface area contributed by atoms with Gasteiger partial charge in [0.25, 0.3) is 0 Å². The fourth-order valence-corrected chi connectivity index (χ4v) is 1.81. The molecule has 1 aromatic rings. The van der Waals surface area contributed by atoms with Crippen molar-refractivity contribution < 1.29 is 0 Å². The third-order valence-corrected chi connectivity index (χ3v) is 3.39. The standard InChI is InChI=1S/C13H22ClN3/c1-6-10(4)17(5)12-8-15-13(9(2)3)16-11(12)7-14/h8-10H,6-7H2,1-5H3. The Kier molecular flexibility index (Phi) is 5.19. The molecule has 0 saturated heterocycles. The number of hydrogen-bond donors (Lipinski definition) is 0. The first kappa shape index (κ1) is 14.2. The molecule has 1 atom stereocenters. The molecule has 0 aliphatic carbocycles. The van der Waals surface area contributed by atoms with E-state index in [1.165, 1.54) is 0 Å². The topological polar surface area (TPSA) is 29.0 Å². The summed E-state index contributed by atoms with van der Waals surface area (Å²) in [7, 11) is 2.07. The van der Waals surface area contributed by atoms with Crippen LogP contribution in [0.5, 0.6) is 0 Å². The first-order valence-electron chi connectivity index (χ1n) is 6.15. The van der Waals surface area contributed by atoms with Crippen LogP contribution in [-0.2, 0) is 5.88 Å². The van der Waals surface area contributed by atoms with Crippen molar-refractivity contribution in [3.63, 3.8) is 0 Å². The normalized spacial score (nSPS) is 12.9. The van der Waals surface area contributed by atoms with Gasteiger partial charge < -0.3 is 4.90 Å². The molecule has 17 heavy (non-hydrogen) atoms. The summed E-state index contributed by atoms with van der Waals surface area (Å²) in [5.41, 5.74) is 1.96. The van der Waals surface area contributed by atoms with Gasteiger partial charge >= 0.3 is 0 Å². The number of halogens is 1. The number of hydrogen-bond acceptors (Lipinski definition) is 3. The minimum absolute atomic E-state index is 0.333. The summed E-state index contributed by atoms with van der Waals surface area (Å²) in [5, 5.41) is 0. The van der Waals surface area contributed by atoms with Crippen molar-refractivity contribution in [2.75, 3.05) is 11.9 Å². The van der Waals surface area contributed by atoms with E-state index in [4.69, 9.17) is 11.6 Å². The van der Waals surface area contributed by atoms with Gasteiger partial charge in [-0.15, -0.1) is 11.6 Å². The van der Waals surface area contributed by atoms with Crippen molar-refractivity contribution in [2.45, 2.75) is 52.0 Å². The summed E-state index contributed by atoms with van der Waals surface area (Å²) < 4.78 is 0. The SMILES string of the molecule is CCC(C)N(C)c1cnc(C(C)C)nc1CCl. The van der Waals surface area contributed by atoms with E-state index in [0.29, 0.717) is 17.8 Å². The van der Waals surface area contributed by atoms with Gasteiger partial charge in [-0.1, -0.05) is 20.8 Å². The van der Waals surface area contributed by atoms with Gasteiger partial charge in [-0.2, -0.15) is 0 Å². The van der Waals surface area contributed by atoms with Gasteiger partial charge in [-0.05, 0) is 13.3 Å². The molecule has 0 amide bonds. The third kappa shape index (κ3) is 3.32. The Bertz CT molecular complexity index is 366. The molecule has 0 aliphatic rings. The lowest BCUT2D eigenvalue weighted by atomic mass is 10.2. The Morgan fingerprint density at radius 1 is 1.35 bits per heavy atom. The maximum absolute atomic E-state index is 5.98. The number of nitrogens with zero attached hydrogens (tertiary/aromatic N) is 3. The second kappa shape index (κ2) is 6.20. The van der Waals surface area contributed by atoms with Gasteiger partial charge in [0.2, 0.25) is 0 Å². The largest absolute Gasteiger partial charge is 0.369 e. The monoisotopic (exact) mass is 255 g/mol. The molecule has 4 heteroatoms. The molecule has 3 nitrogen and oxygen atoms in total. The summed E-state index contributed by atoms with van der Waals surface area (Å²) >= 11 is 5.98. The zero-order valence-electron chi connectivity index (χ0n) is 11.4. The van der Waals surface area contributed by atoms with E-state index in [0.717, 1.165) is 23.6 Å². The van der Waals surface area contributed by atoms with Crippen LogP contribution in [0.25, 0.3) is 0 Å². The molecule has 0 fully saturated rings. The van der Waals surface area contributed by atoms with Crippen LogP contribution in [0.15, 0.2) is 6.20 Å². The molecular weight excluding hydrogens is 234 g/mol. The predicted molar refractivity (Wildman–Crippen MR) is 73.8 cm³/mol. The molecule has 1 unspecified atom stereocenters. The van der Waals surface area contributed by atoms with Crippen LogP contribution in [0.4, 0.5) is 5.69 Å². The highest BCUT2D eigenvalue weighted by Crippen LogP contribution is 2.23. The van der Waals surface area contributed by atoms with E-state index >= 15 is 0 Å². The van der Waals surface area contributed by atoms with Crippen molar-refractivity contribution in [3.8, 4) is 0 Å². The van der Waals surface area contributed by atoms with Crippen molar-refractivity contribution in [1.29, 1.82) is 0 Å². The first-order valence-corrected chi connectivity index (χ1v) is 6.69. The average Bonchev–Trinajstić information content (AvgIpc) is 2.35. The molecule has 1 aromatic heterocycles. The Morgan fingerprint density at radius 3 is 2.47 bits per heavy atom. The zero-order chi connectivity index (χ0) is 13.0. The average molecular weight is 256 g/mol.